The number of ether oxygens (including phenoxy) is 1. The van der Waals surface area contributed by atoms with Crippen LogP contribution in [0.4, 0.5) is 5.69 Å². The minimum atomic E-state index is -0.360. The minimum Gasteiger partial charge on any atom is -0.423 e. The largest absolute Gasteiger partial charge is 0.423 e. The normalized spacial score (nSPS) is 11.0. The molecule has 0 spiro atoms. The Labute approximate surface area is 179 Å². The predicted molar refractivity (Wildman–Crippen MR) is 123 cm³/mol. The van der Waals surface area contributed by atoms with Crippen LogP contribution < -0.4 is 10.1 Å². The van der Waals surface area contributed by atoms with Gasteiger partial charge in [-0.25, -0.2) is 4.79 Å². The molecular weight excluding hydrogens is 374 g/mol. The van der Waals surface area contributed by atoms with Crippen LogP contribution in [0, 0.1) is 0 Å². The Bertz CT molecular complexity index is 940. The summed E-state index contributed by atoms with van der Waals surface area (Å²) in [7, 11) is 0. The van der Waals surface area contributed by atoms with Crippen molar-refractivity contribution in [3.05, 3.63) is 66.4 Å². The maximum atomic E-state index is 12.4. The van der Waals surface area contributed by atoms with Gasteiger partial charge in [-0.3, -0.25) is 4.98 Å². The van der Waals surface area contributed by atoms with Crippen molar-refractivity contribution in [1.29, 1.82) is 0 Å². The molecule has 5 heteroatoms. The summed E-state index contributed by atoms with van der Waals surface area (Å²) < 4.78 is 5.63. The molecule has 0 bridgehead atoms. The molecular formula is C25H31N3O2. The van der Waals surface area contributed by atoms with E-state index in [1.165, 1.54) is 12.8 Å². The van der Waals surface area contributed by atoms with E-state index in [1.807, 2.05) is 42.5 Å². The summed E-state index contributed by atoms with van der Waals surface area (Å²) in [6.45, 7) is 8.66. The highest BCUT2D eigenvalue weighted by Crippen LogP contribution is 2.28. The third-order valence-corrected chi connectivity index (χ3v) is 5.26. The lowest BCUT2D eigenvalue weighted by Crippen LogP contribution is -2.23. The maximum absolute atomic E-state index is 12.4. The molecule has 30 heavy (non-hydrogen) atoms. The zero-order valence-corrected chi connectivity index (χ0v) is 17.9. The fourth-order valence-corrected chi connectivity index (χ4v) is 3.50. The molecule has 158 valence electrons. The van der Waals surface area contributed by atoms with Crippen LogP contribution in [0.5, 0.6) is 5.75 Å². The molecule has 1 N–H and O–H groups in total. The van der Waals surface area contributed by atoms with Crippen molar-refractivity contribution >= 4 is 22.6 Å². The van der Waals surface area contributed by atoms with E-state index in [9.17, 15) is 4.79 Å². The van der Waals surface area contributed by atoms with Crippen LogP contribution in [0.15, 0.2) is 60.8 Å². The average molecular weight is 406 g/mol. The summed E-state index contributed by atoms with van der Waals surface area (Å²) in [6, 6.07) is 16.6. The van der Waals surface area contributed by atoms with Crippen LogP contribution in [0.1, 0.15) is 43.5 Å². The number of anilines is 1. The highest BCUT2D eigenvalue weighted by molar-refractivity contribution is 5.94. The molecule has 3 aromatic rings. The average Bonchev–Trinajstić information content (AvgIpc) is 2.79. The van der Waals surface area contributed by atoms with Gasteiger partial charge in [0.2, 0.25) is 0 Å². The Morgan fingerprint density at radius 1 is 1.00 bits per heavy atom. The molecule has 3 rings (SSSR count). The Hall–Kier alpha value is -2.92. The molecule has 0 aliphatic carbocycles. The standard InChI is InChI=1S/C25H31N3O2/c1-3-28(4-2)17-10-6-9-15-26-23-19-22(18-21-14-11-16-27-24(21)23)30-25(29)20-12-7-5-8-13-20/h5,7-8,11-14,16,18-19,26H,3-4,6,9-10,15,17H2,1-2H3. The summed E-state index contributed by atoms with van der Waals surface area (Å²) in [5, 5.41) is 4.43. The van der Waals surface area contributed by atoms with Gasteiger partial charge in [0, 0.05) is 24.2 Å². The number of fused-ring (bicyclic) bond motifs is 1. The minimum absolute atomic E-state index is 0.360. The van der Waals surface area contributed by atoms with Crippen LogP contribution in [-0.2, 0) is 0 Å². The van der Waals surface area contributed by atoms with E-state index in [1.54, 1.807) is 18.3 Å². The lowest BCUT2D eigenvalue weighted by atomic mass is 10.1. The number of nitrogens with one attached hydrogen (secondary N) is 1. The number of benzene rings is 2. The Morgan fingerprint density at radius 2 is 1.80 bits per heavy atom. The topological polar surface area (TPSA) is 54.5 Å². The molecule has 0 aliphatic heterocycles. The molecule has 0 aliphatic rings. The van der Waals surface area contributed by atoms with Gasteiger partial charge in [0.05, 0.1) is 16.8 Å². The molecule has 0 saturated carbocycles. The summed E-state index contributed by atoms with van der Waals surface area (Å²) in [4.78, 5) is 19.4. The van der Waals surface area contributed by atoms with E-state index in [2.05, 4.69) is 29.0 Å². The number of pyridine rings is 1. The molecule has 0 amide bonds. The van der Waals surface area contributed by atoms with Gasteiger partial charge >= 0.3 is 5.97 Å². The third-order valence-electron chi connectivity index (χ3n) is 5.26. The molecule has 1 heterocycles. The number of aromatic nitrogens is 1. The smallest absolute Gasteiger partial charge is 0.343 e. The molecule has 5 nitrogen and oxygen atoms in total. The number of carbonyl (C=O) groups is 1. The number of nitrogens with zero attached hydrogens (tertiary/aromatic N) is 2. The maximum Gasteiger partial charge on any atom is 0.343 e. The van der Waals surface area contributed by atoms with Crippen LogP contribution >= 0.6 is 0 Å². The SMILES string of the molecule is CCN(CC)CCCCCNc1cc(OC(=O)c2ccccc2)cc2cccnc12. The van der Waals surface area contributed by atoms with Gasteiger partial charge in [0.25, 0.3) is 0 Å². The second-order valence-corrected chi connectivity index (χ2v) is 7.32. The van der Waals surface area contributed by atoms with Crippen molar-refractivity contribution < 1.29 is 9.53 Å². The number of unbranched alkanes of at least 4 members (excludes halogenated alkanes) is 2. The molecule has 0 saturated heterocycles. The molecule has 0 fully saturated rings. The zero-order valence-electron chi connectivity index (χ0n) is 17.9. The van der Waals surface area contributed by atoms with Crippen molar-refractivity contribution in [3.63, 3.8) is 0 Å². The first-order valence-electron chi connectivity index (χ1n) is 10.8. The van der Waals surface area contributed by atoms with Gasteiger partial charge in [0.1, 0.15) is 5.75 Å². The van der Waals surface area contributed by atoms with Crippen LogP contribution in [0.25, 0.3) is 10.9 Å². The van der Waals surface area contributed by atoms with Gasteiger partial charge in [0.15, 0.2) is 0 Å². The quantitative estimate of drug-likeness (QED) is 0.264. The fraction of sp³-hybridized carbons (Fsp3) is 0.360. The highest BCUT2D eigenvalue weighted by Gasteiger charge is 2.11. The highest BCUT2D eigenvalue weighted by atomic mass is 16.5. The first-order chi connectivity index (χ1) is 14.7. The van der Waals surface area contributed by atoms with Gasteiger partial charge in [-0.15, -0.1) is 0 Å². The van der Waals surface area contributed by atoms with E-state index >= 15 is 0 Å². The van der Waals surface area contributed by atoms with Crippen molar-refractivity contribution in [1.82, 2.24) is 9.88 Å². The van der Waals surface area contributed by atoms with Crippen molar-refractivity contribution in [2.24, 2.45) is 0 Å². The lowest BCUT2D eigenvalue weighted by Gasteiger charge is -2.17. The molecule has 1 aromatic heterocycles. The summed E-state index contributed by atoms with van der Waals surface area (Å²) in [5.74, 6) is 0.162. The van der Waals surface area contributed by atoms with Gasteiger partial charge in [-0.2, -0.15) is 0 Å². The Balaban J connectivity index is 1.63. The Kier molecular flexibility index (Phi) is 8.21. The lowest BCUT2D eigenvalue weighted by molar-refractivity contribution is 0.0735. The monoisotopic (exact) mass is 405 g/mol. The van der Waals surface area contributed by atoms with E-state index in [4.69, 9.17) is 4.74 Å². The van der Waals surface area contributed by atoms with Crippen molar-refractivity contribution in [2.75, 3.05) is 31.5 Å². The number of hydrogen-bond acceptors (Lipinski definition) is 5. The fourth-order valence-electron chi connectivity index (χ4n) is 3.50. The van der Waals surface area contributed by atoms with Crippen LogP contribution in [0.2, 0.25) is 0 Å². The molecule has 0 unspecified atom stereocenters. The second kappa shape index (κ2) is 11.3. The van der Waals surface area contributed by atoms with E-state index in [-0.39, 0.29) is 5.97 Å². The Morgan fingerprint density at radius 3 is 2.57 bits per heavy atom. The van der Waals surface area contributed by atoms with E-state index < -0.39 is 0 Å². The molecule has 2 aromatic carbocycles. The number of rotatable bonds is 11. The van der Waals surface area contributed by atoms with Crippen LogP contribution in [-0.4, -0.2) is 42.0 Å². The third kappa shape index (κ3) is 6.04. The van der Waals surface area contributed by atoms with Gasteiger partial charge in [-0.1, -0.05) is 44.5 Å². The van der Waals surface area contributed by atoms with Crippen molar-refractivity contribution in [2.45, 2.75) is 33.1 Å². The second-order valence-electron chi connectivity index (χ2n) is 7.32. The first kappa shape index (κ1) is 21.8. The first-order valence-corrected chi connectivity index (χ1v) is 10.8. The summed E-state index contributed by atoms with van der Waals surface area (Å²) in [5.41, 5.74) is 2.32. The van der Waals surface area contributed by atoms with E-state index in [0.717, 1.165) is 49.2 Å². The van der Waals surface area contributed by atoms with Gasteiger partial charge in [-0.05, 0) is 56.7 Å². The van der Waals surface area contributed by atoms with Gasteiger partial charge < -0.3 is 15.0 Å². The van der Waals surface area contributed by atoms with Crippen LogP contribution in [0.3, 0.4) is 0 Å². The number of hydrogen-bond donors (Lipinski definition) is 1. The van der Waals surface area contributed by atoms with Crippen molar-refractivity contribution in [3.8, 4) is 5.75 Å². The van der Waals surface area contributed by atoms with E-state index in [0.29, 0.717) is 11.3 Å². The summed E-state index contributed by atoms with van der Waals surface area (Å²) >= 11 is 0. The predicted octanol–water partition coefficient (Wildman–Crippen LogP) is 5.38. The number of esters is 1. The summed E-state index contributed by atoms with van der Waals surface area (Å²) in [6.07, 6.45) is 5.26. The zero-order chi connectivity index (χ0) is 21.2. The molecule has 0 atom stereocenters. The number of carbonyl (C=O) groups excluding carboxylic acids is 1. The molecule has 0 radical (unpaired) electrons.